The van der Waals surface area contributed by atoms with Crippen LogP contribution in [0.4, 0.5) is 0 Å². The fourth-order valence-corrected chi connectivity index (χ4v) is 8.21. The minimum atomic E-state index is 0.0930. The van der Waals surface area contributed by atoms with Crippen LogP contribution < -0.4 is 0 Å². The first-order valence-electron chi connectivity index (χ1n) is 22.6. The van der Waals surface area contributed by atoms with Gasteiger partial charge in [0.25, 0.3) is 0 Å². The predicted molar refractivity (Wildman–Crippen MR) is 245 cm³/mol. The second-order valence-electron chi connectivity index (χ2n) is 19.1. The van der Waals surface area contributed by atoms with Gasteiger partial charge >= 0.3 is 0 Å². The molecule has 6 rings (SSSR count). The van der Waals surface area contributed by atoms with E-state index < -0.39 is 0 Å². The number of fused-ring (bicyclic) bond motifs is 2. The number of carbonyl (C=O) groups excluding carboxylic acids is 1. The molecule has 2 aliphatic carbocycles. The van der Waals surface area contributed by atoms with E-state index in [9.17, 15) is 4.79 Å². The molecule has 0 N–H and O–H groups in total. The summed E-state index contributed by atoms with van der Waals surface area (Å²) in [6.45, 7) is 25.8. The fourth-order valence-electron chi connectivity index (χ4n) is 8.21. The molecular weight excluding hydrogens is 685 g/mol. The van der Waals surface area contributed by atoms with Gasteiger partial charge in [-0.05, 0) is 86.0 Å². The first-order valence-corrected chi connectivity index (χ1v) is 22.6. The van der Waals surface area contributed by atoms with Crippen molar-refractivity contribution in [2.45, 2.75) is 173 Å². The molecule has 0 spiro atoms. The SMILES string of the molecule is CC(C)C.CC(C)C.CC1=NN=C(c2ccc(CC(=O)C(C)C)cc2)C2CCCCCCC12.CC1=NN=C(c2ccc(CC(C)C)cc2)C2CCCCCCC12. The lowest BCUT2D eigenvalue weighted by Gasteiger charge is -2.32. The molecule has 4 atom stereocenters. The van der Waals surface area contributed by atoms with Crippen LogP contribution >= 0.6 is 0 Å². The monoisotopic (exact) mass is 765 g/mol. The van der Waals surface area contributed by atoms with E-state index in [0.29, 0.717) is 41.8 Å². The van der Waals surface area contributed by atoms with Crippen LogP contribution in [0.3, 0.4) is 0 Å². The first-order chi connectivity index (χ1) is 26.7. The zero-order chi connectivity index (χ0) is 41.2. The van der Waals surface area contributed by atoms with E-state index in [1.54, 1.807) is 0 Å². The summed E-state index contributed by atoms with van der Waals surface area (Å²) in [6, 6.07) is 17.5. The van der Waals surface area contributed by atoms with Crippen LogP contribution in [0.15, 0.2) is 68.9 Å². The highest BCUT2D eigenvalue weighted by molar-refractivity contribution is 6.07. The van der Waals surface area contributed by atoms with Crippen molar-refractivity contribution >= 4 is 28.6 Å². The Hall–Kier alpha value is -3.21. The smallest absolute Gasteiger partial charge is 0.139 e. The van der Waals surface area contributed by atoms with E-state index in [-0.39, 0.29) is 5.92 Å². The van der Waals surface area contributed by atoms with Crippen molar-refractivity contribution in [3.8, 4) is 0 Å². The molecule has 0 bridgehead atoms. The molecule has 0 amide bonds. The number of benzene rings is 2. The van der Waals surface area contributed by atoms with Gasteiger partial charge in [0.15, 0.2) is 0 Å². The summed E-state index contributed by atoms with van der Waals surface area (Å²) in [6.07, 6.45) is 17.4. The van der Waals surface area contributed by atoms with Crippen LogP contribution in [0, 0.1) is 47.3 Å². The van der Waals surface area contributed by atoms with Gasteiger partial charge in [-0.1, -0.05) is 169 Å². The lowest BCUT2D eigenvalue weighted by molar-refractivity contribution is -0.121. The maximum absolute atomic E-state index is 12.0. The Bertz CT molecular complexity index is 1560. The molecular formula is C51H80N4O. The van der Waals surface area contributed by atoms with Crippen molar-refractivity contribution < 1.29 is 4.79 Å². The van der Waals surface area contributed by atoms with Gasteiger partial charge in [-0.25, -0.2) is 0 Å². The van der Waals surface area contributed by atoms with Crippen molar-refractivity contribution in [1.82, 2.24) is 0 Å². The average Bonchev–Trinajstić information content (AvgIpc) is 3.10. The van der Waals surface area contributed by atoms with Gasteiger partial charge < -0.3 is 0 Å². The molecule has 0 radical (unpaired) electrons. The molecule has 5 nitrogen and oxygen atoms in total. The molecule has 2 heterocycles. The third-order valence-corrected chi connectivity index (χ3v) is 11.1. The molecule has 2 fully saturated rings. The molecule has 2 aliphatic heterocycles. The van der Waals surface area contributed by atoms with Crippen molar-refractivity contribution in [1.29, 1.82) is 0 Å². The first kappa shape index (κ1) is 47.2. The van der Waals surface area contributed by atoms with Crippen LogP contribution in [0.2, 0.25) is 0 Å². The van der Waals surface area contributed by atoms with Gasteiger partial charge in [-0.3, -0.25) is 4.79 Å². The summed E-state index contributed by atoms with van der Waals surface area (Å²) in [5.74, 6) is 4.99. The van der Waals surface area contributed by atoms with Gasteiger partial charge in [-0.2, -0.15) is 20.4 Å². The van der Waals surface area contributed by atoms with Gasteiger partial charge in [0, 0.05) is 47.4 Å². The van der Waals surface area contributed by atoms with Crippen LogP contribution in [0.25, 0.3) is 0 Å². The second kappa shape index (κ2) is 24.5. The molecule has 56 heavy (non-hydrogen) atoms. The number of ketones is 1. The highest BCUT2D eigenvalue weighted by atomic mass is 16.1. The maximum atomic E-state index is 12.0. The Morgan fingerprint density at radius 3 is 1.18 bits per heavy atom. The van der Waals surface area contributed by atoms with E-state index in [1.165, 1.54) is 111 Å². The lowest BCUT2D eigenvalue weighted by Crippen LogP contribution is -2.33. The van der Waals surface area contributed by atoms with Crippen molar-refractivity contribution in [2.24, 2.45) is 67.7 Å². The summed E-state index contributed by atoms with van der Waals surface area (Å²) >= 11 is 0. The largest absolute Gasteiger partial charge is 0.299 e. The summed E-state index contributed by atoms with van der Waals surface area (Å²) in [7, 11) is 0. The van der Waals surface area contributed by atoms with Crippen LogP contribution in [-0.2, 0) is 17.6 Å². The average molecular weight is 765 g/mol. The molecule has 4 aliphatic rings. The van der Waals surface area contributed by atoms with E-state index in [4.69, 9.17) is 0 Å². The number of Topliss-reactive ketones (excluding diaryl/α,β-unsaturated/α-hetero) is 1. The van der Waals surface area contributed by atoms with Crippen molar-refractivity contribution in [2.75, 3.05) is 0 Å². The number of nitrogens with zero attached hydrogens (tertiary/aromatic N) is 4. The zero-order valence-electron chi connectivity index (χ0n) is 37.8. The van der Waals surface area contributed by atoms with Crippen molar-refractivity contribution in [3.05, 3.63) is 70.8 Å². The van der Waals surface area contributed by atoms with E-state index in [2.05, 4.69) is 138 Å². The number of carbonyl (C=O) groups is 1. The van der Waals surface area contributed by atoms with Gasteiger partial charge in [0.05, 0.1) is 11.4 Å². The topological polar surface area (TPSA) is 66.5 Å². The Morgan fingerprint density at radius 2 is 0.839 bits per heavy atom. The highest BCUT2D eigenvalue weighted by Crippen LogP contribution is 2.36. The molecule has 0 aromatic heterocycles. The standard InChI is InChI=1S/C22H30N2O.C21H30N2.2C4H10/c1-15(2)21(25)14-17-10-12-18(13-11-17)22-20-9-7-5-4-6-8-19(20)16(3)23-24-22;1-15(2)14-17-10-12-18(13-11-17)21-20-9-7-5-4-6-8-19(20)16(3)22-23-21;2*1-4(2)3/h10-13,15,19-20H,4-9,14H2,1-3H3;10-13,15,19-20H,4-9,14H2,1-3H3;2*4H,1-3H3. The van der Waals surface area contributed by atoms with Crippen LogP contribution in [0.5, 0.6) is 0 Å². The van der Waals surface area contributed by atoms with E-state index in [0.717, 1.165) is 29.5 Å². The molecule has 2 aromatic carbocycles. The van der Waals surface area contributed by atoms with Gasteiger partial charge in [-0.15, -0.1) is 0 Å². The molecule has 5 heteroatoms. The molecule has 2 aromatic rings. The number of hydrogen-bond acceptors (Lipinski definition) is 5. The molecule has 2 saturated carbocycles. The predicted octanol–water partition coefficient (Wildman–Crippen LogP) is 14.2. The Kier molecular flexibility index (Phi) is 20.7. The zero-order valence-corrected chi connectivity index (χ0v) is 37.8. The Balaban J connectivity index is 0.000000253. The lowest BCUT2D eigenvalue weighted by atomic mass is 9.74. The normalized spacial score (nSPS) is 22.4. The highest BCUT2D eigenvalue weighted by Gasteiger charge is 2.34. The Morgan fingerprint density at radius 1 is 0.500 bits per heavy atom. The number of hydrogen-bond donors (Lipinski definition) is 0. The van der Waals surface area contributed by atoms with Gasteiger partial charge in [0.1, 0.15) is 5.78 Å². The van der Waals surface area contributed by atoms with Gasteiger partial charge in [0.2, 0.25) is 0 Å². The summed E-state index contributed by atoms with van der Waals surface area (Å²) < 4.78 is 0. The van der Waals surface area contributed by atoms with Crippen LogP contribution in [-0.4, -0.2) is 28.6 Å². The second-order valence-corrected chi connectivity index (χ2v) is 19.1. The maximum Gasteiger partial charge on any atom is 0.139 e. The summed E-state index contributed by atoms with van der Waals surface area (Å²) in [5, 5.41) is 18.2. The number of rotatable bonds is 7. The third-order valence-electron chi connectivity index (χ3n) is 11.1. The Labute approximate surface area is 343 Å². The minimum absolute atomic E-state index is 0.0930. The van der Waals surface area contributed by atoms with E-state index >= 15 is 0 Å². The quantitative estimate of drug-likeness (QED) is 0.277. The minimum Gasteiger partial charge on any atom is -0.299 e. The van der Waals surface area contributed by atoms with E-state index in [1.807, 2.05) is 13.8 Å². The molecule has 4 unspecified atom stereocenters. The summed E-state index contributed by atoms with van der Waals surface area (Å²) in [5.41, 5.74) is 9.81. The van der Waals surface area contributed by atoms with Crippen molar-refractivity contribution in [3.63, 3.8) is 0 Å². The fraction of sp³-hybridized carbons (Fsp3) is 0.667. The summed E-state index contributed by atoms with van der Waals surface area (Å²) in [4.78, 5) is 12.0. The molecule has 0 saturated heterocycles. The third kappa shape index (κ3) is 16.0. The van der Waals surface area contributed by atoms with Crippen LogP contribution in [0.1, 0.15) is 182 Å². The molecule has 310 valence electrons.